The van der Waals surface area contributed by atoms with Crippen molar-refractivity contribution in [2.75, 3.05) is 13.1 Å². The molecule has 30 heavy (non-hydrogen) atoms. The molecule has 4 rings (SSSR count). The van der Waals surface area contributed by atoms with E-state index in [4.69, 9.17) is 0 Å². The molecule has 0 saturated heterocycles. The lowest BCUT2D eigenvalue weighted by Crippen LogP contribution is -2.33. The molecule has 0 radical (unpaired) electrons. The van der Waals surface area contributed by atoms with Crippen LogP contribution in [0.5, 0.6) is 0 Å². The van der Waals surface area contributed by atoms with Gasteiger partial charge in [-0.1, -0.05) is 0 Å². The fraction of sp³-hybridized carbons (Fsp3) is 0.316. The van der Waals surface area contributed by atoms with Crippen LogP contribution in [0.2, 0.25) is 0 Å². The van der Waals surface area contributed by atoms with E-state index >= 15 is 0 Å². The topological polar surface area (TPSA) is 96.8 Å². The molecule has 8 nitrogen and oxygen atoms in total. The first kappa shape index (κ1) is 19.8. The van der Waals surface area contributed by atoms with Crippen molar-refractivity contribution < 1.29 is 18.0 Å². The molecule has 1 aliphatic heterocycles. The molecule has 0 atom stereocenters. The molecule has 3 aromatic heterocycles. The van der Waals surface area contributed by atoms with Gasteiger partial charge in [0, 0.05) is 56.1 Å². The molecule has 1 aliphatic rings. The fourth-order valence-electron chi connectivity index (χ4n) is 3.46. The van der Waals surface area contributed by atoms with Crippen molar-refractivity contribution in [2.24, 2.45) is 7.05 Å². The van der Waals surface area contributed by atoms with Gasteiger partial charge in [-0.3, -0.25) is 19.3 Å². The van der Waals surface area contributed by atoms with Crippen molar-refractivity contribution in [2.45, 2.75) is 19.0 Å². The Kier molecular flexibility index (Phi) is 4.88. The van der Waals surface area contributed by atoms with E-state index in [9.17, 15) is 22.8 Å². The lowest BCUT2D eigenvalue weighted by atomic mass is 10.1. The molecule has 1 amide bonds. The zero-order valence-electron chi connectivity index (χ0n) is 15.9. The van der Waals surface area contributed by atoms with Gasteiger partial charge >= 0.3 is 6.18 Å². The van der Waals surface area contributed by atoms with Gasteiger partial charge in [0.15, 0.2) is 5.69 Å². The van der Waals surface area contributed by atoms with Crippen LogP contribution in [0.15, 0.2) is 35.4 Å². The normalized spacial score (nSPS) is 14.3. The summed E-state index contributed by atoms with van der Waals surface area (Å²) >= 11 is 0. The molecular formula is C19H17F3N6O2. The Hall–Kier alpha value is -3.50. The Labute approximate surface area is 168 Å². The Morgan fingerprint density at radius 1 is 1.17 bits per heavy atom. The minimum absolute atomic E-state index is 0.184. The third-order valence-electron chi connectivity index (χ3n) is 4.98. The monoisotopic (exact) mass is 418 g/mol. The number of alkyl halides is 3. The number of aromatic amines is 1. The molecular weight excluding hydrogens is 401 g/mol. The molecule has 3 aromatic rings. The minimum Gasteiger partial charge on any atom is -0.337 e. The zero-order valence-corrected chi connectivity index (χ0v) is 15.9. The summed E-state index contributed by atoms with van der Waals surface area (Å²) in [7, 11) is 1.14. The summed E-state index contributed by atoms with van der Waals surface area (Å²) in [5.41, 5.74) is 0.172. The Balaban J connectivity index is 1.58. The van der Waals surface area contributed by atoms with E-state index in [0.29, 0.717) is 33.7 Å². The summed E-state index contributed by atoms with van der Waals surface area (Å²) in [6, 6.07) is 4.18. The molecule has 0 unspecified atom stereocenters. The number of hydrogen-bond acceptors (Lipinski definition) is 5. The number of rotatable bonds is 2. The van der Waals surface area contributed by atoms with Gasteiger partial charge in [-0.25, -0.2) is 4.98 Å². The third-order valence-corrected chi connectivity index (χ3v) is 4.98. The molecule has 0 aromatic carbocycles. The quantitative estimate of drug-likeness (QED) is 0.685. The van der Waals surface area contributed by atoms with E-state index in [1.165, 1.54) is 4.90 Å². The predicted molar refractivity (Wildman–Crippen MR) is 99.6 cm³/mol. The molecule has 4 heterocycles. The van der Waals surface area contributed by atoms with Gasteiger partial charge in [0.2, 0.25) is 0 Å². The highest BCUT2D eigenvalue weighted by Gasteiger charge is 2.36. The number of aromatic nitrogens is 5. The van der Waals surface area contributed by atoms with Crippen LogP contribution < -0.4 is 5.56 Å². The molecule has 1 N–H and O–H groups in total. The molecule has 0 bridgehead atoms. The number of carbonyl (C=O) groups excluding carboxylic acids is 1. The van der Waals surface area contributed by atoms with Gasteiger partial charge in [0.05, 0.1) is 5.69 Å². The number of pyridine rings is 1. The number of aryl methyl sites for hydroxylation is 1. The van der Waals surface area contributed by atoms with Gasteiger partial charge in [0.25, 0.3) is 11.5 Å². The molecule has 11 heteroatoms. The SMILES string of the molecule is Cn1nc(C(=O)N2CCc3nc(-c4ccncc4)[nH]c(=O)c3CC2)cc1C(F)(F)F. The van der Waals surface area contributed by atoms with Crippen LogP contribution in [-0.2, 0) is 26.1 Å². The summed E-state index contributed by atoms with van der Waals surface area (Å²) < 4.78 is 39.6. The van der Waals surface area contributed by atoms with Crippen LogP contribution in [0, 0.1) is 0 Å². The third kappa shape index (κ3) is 3.70. The summed E-state index contributed by atoms with van der Waals surface area (Å²) in [4.78, 5) is 37.9. The number of nitrogens with zero attached hydrogens (tertiary/aromatic N) is 5. The van der Waals surface area contributed by atoms with Crippen molar-refractivity contribution in [1.82, 2.24) is 29.6 Å². The van der Waals surface area contributed by atoms with Crippen LogP contribution in [0.1, 0.15) is 27.4 Å². The number of nitrogens with one attached hydrogen (secondary N) is 1. The van der Waals surface area contributed by atoms with E-state index in [1.54, 1.807) is 24.5 Å². The molecule has 0 aliphatic carbocycles. The second-order valence-electron chi connectivity index (χ2n) is 6.90. The average Bonchev–Trinajstić information content (AvgIpc) is 2.98. The molecule has 0 saturated carbocycles. The first-order chi connectivity index (χ1) is 14.2. The number of hydrogen-bond donors (Lipinski definition) is 1. The minimum atomic E-state index is -4.60. The summed E-state index contributed by atoms with van der Waals surface area (Å²) in [5, 5.41) is 3.72. The van der Waals surface area contributed by atoms with Crippen molar-refractivity contribution in [3.05, 3.63) is 63.6 Å². The van der Waals surface area contributed by atoms with Crippen LogP contribution in [0.3, 0.4) is 0 Å². The predicted octanol–water partition coefficient (Wildman–Crippen LogP) is 1.83. The van der Waals surface area contributed by atoms with E-state index in [2.05, 4.69) is 20.1 Å². The first-order valence-electron chi connectivity index (χ1n) is 9.17. The van der Waals surface area contributed by atoms with Gasteiger partial charge in [-0.05, 0) is 18.6 Å². The maximum atomic E-state index is 13.0. The highest BCUT2D eigenvalue weighted by atomic mass is 19.4. The van der Waals surface area contributed by atoms with E-state index in [1.807, 2.05) is 0 Å². The fourth-order valence-corrected chi connectivity index (χ4v) is 3.46. The number of halogens is 3. The number of amides is 1. The number of H-pyrrole nitrogens is 1. The second-order valence-corrected chi connectivity index (χ2v) is 6.90. The lowest BCUT2D eigenvalue weighted by Gasteiger charge is -2.18. The van der Waals surface area contributed by atoms with E-state index in [-0.39, 0.29) is 30.8 Å². The maximum Gasteiger partial charge on any atom is 0.433 e. The maximum absolute atomic E-state index is 13.0. The van der Waals surface area contributed by atoms with E-state index < -0.39 is 17.8 Å². The second kappa shape index (κ2) is 7.39. The van der Waals surface area contributed by atoms with Crippen LogP contribution >= 0.6 is 0 Å². The first-order valence-corrected chi connectivity index (χ1v) is 9.17. The summed E-state index contributed by atoms with van der Waals surface area (Å²) in [5.74, 6) is -0.208. The molecule has 0 spiro atoms. The van der Waals surface area contributed by atoms with Crippen molar-refractivity contribution in [3.8, 4) is 11.4 Å². The van der Waals surface area contributed by atoms with Crippen LogP contribution in [0.25, 0.3) is 11.4 Å². The Bertz CT molecular complexity index is 1150. The Morgan fingerprint density at radius 2 is 1.87 bits per heavy atom. The Morgan fingerprint density at radius 3 is 2.53 bits per heavy atom. The van der Waals surface area contributed by atoms with Crippen LogP contribution in [-0.4, -0.2) is 48.6 Å². The van der Waals surface area contributed by atoms with Gasteiger partial charge < -0.3 is 9.88 Å². The standard InChI is InChI=1S/C19H17F3N6O2/c1-27-15(19(20,21)22)10-14(26-27)18(30)28-8-4-12-13(5-9-28)24-16(25-17(12)29)11-2-6-23-7-3-11/h2-3,6-7,10H,4-5,8-9H2,1H3,(H,24,25,29). The van der Waals surface area contributed by atoms with Crippen molar-refractivity contribution >= 4 is 5.91 Å². The van der Waals surface area contributed by atoms with Crippen LogP contribution in [0.4, 0.5) is 13.2 Å². The van der Waals surface area contributed by atoms with Crippen molar-refractivity contribution in [1.29, 1.82) is 0 Å². The smallest absolute Gasteiger partial charge is 0.337 e. The summed E-state index contributed by atoms with van der Waals surface area (Å²) in [6.45, 7) is 0.402. The molecule has 156 valence electrons. The lowest BCUT2D eigenvalue weighted by molar-refractivity contribution is -0.143. The number of carbonyl (C=O) groups is 1. The van der Waals surface area contributed by atoms with Gasteiger partial charge in [-0.15, -0.1) is 0 Å². The van der Waals surface area contributed by atoms with E-state index in [0.717, 1.165) is 13.1 Å². The highest BCUT2D eigenvalue weighted by Crippen LogP contribution is 2.29. The number of fused-ring (bicyclic) bond motifs is 1. The highest BCUT2D eigenvalue weighted by molar-refractivity contribution is 5.92. The van der Waals surface area contributed by atoms with Gasteiger partial charge in [0.1, 0.15) is 11.5 Å². The van der Waals surface area contributed by atoms with Gasteiger partial charge in [-0.2, -0.15) is 18.3 Å². The van der Waals surface area contributed by atoms with Crippen molar-refractivity contribution in [3.63, 3.8) is 0 Å². The zero-order chi connectivity index (χ0) is 21.5. The average molecular weight is 418 g/mol. The molecule has 0 fully saturated rings. The summed E-state index contributed by atoms with van der Waals surface area (Å²) in [6.07, 6.45) is -0.871. The largest absolute Gasteiger partial charge is 0.433 e.